The van der Waals surface area contributed by atoms with E-state index in [9.17, 15) is 9.18 Å². The van der Waals surface area contributed by atoms with Crippen molar-refractivity contribution >= 4 is 17.5 Å². The molecule has 1 aromatic rings. The van der Waals surface area contributed by atoms with Gasteiger partial charge in [0.25, 0.3) is 5.91 Å². The maximum absolute atomic E-state index is 12.6. The summed E-state index contributed by atoms with van der Waals surface area (Å²) in [7, 11) is 0. The Kier molecular flexibility index (Phi) is 4.56. The molecule has 1 unspecified atom stereocenters. The summed E-state index contributed by atoms with van der Waals surface area (Å²) in [5, 5.41) is 2.77. The highest BCUT2D eigenvalue weighted by molar-refractivity contribution is 6.17. The highest BCUT2D eigenvalue weighted by Crippen LogP contribution is 2.03. The summed E-state index contributed by atoms with van der Waals surface area (Å²) in [5.74, 6) is -0.0433. The topological polar surface area (TPSA) is 29.1 Å². The summed E-state index contributed by atoms with van der Waals surface area (Å²) in [6.07, 6.45) is 0.717. The maximum atomic E-state index is 12.6. The number of alkyl halides is 1. The molecule has 0 bridgehead atoms. The van der Waals surface area contributed by atoms with E-state index < -0.39 is 0 Å². The van der Waals surface area contributed by atoms with Crippen molar-refractivity contribution < 1.29 is 9.18 Å². The van der Waals surface area contributed by atoms with E-state index in [0.29, 0.717) is 17.9 Å². The van der Waals surface area contributed by atoms with Crippen molar-refractivity contribution in [3.8, 4) is 0 Å². The molecular weight excluding hydrogens is 217 g/mol. The van der Waals surface area contributed by atoms with E-state index in [1.807, 2.05) is 6.92 Å². The van der Waals surface area contributed by atoms with Crippen molar-refractivity contribution in [2.24, 2.45) is 0 Å². The van der Waals surface area contributed by atoms with Crippen LogP contribution in [0, 0.1) is 5.82 Å². The van der Waals surface area contributed by atoms with Crippen LogP contribution in [0.1, 0.15) is 23.7 Å². The summed E-state index contributed by atoms with van der Waals surface area (Å²) in [4.78, 5) is 11.6. The molecule has 0 fully saturated rings. The van der Waals surface area contributed by atoms with Gasteiger partial charge in [-0.2, -0.15) is 0 Å². The van der Waals surface area contributed by atoms with E-state index in [1.165, 1.54) is 24.3 Å². The number of carbonyl (C=O) groups is 1. The summed E-state index contributed by atoms with van der Waals surface area (Å²) >= 11 is 5.55. The van der Waals surface area contributed by atoms with Gasteiger partial charge in [-0.1, -0.05) is 0 Å². The zero-order chi connectivity index (χ0) is 11.3. The largest absolute Gasteiger partial charge is 0.350 e. The summed E-state index contributed by atoms with van der Waals surface area (Å²) < 4.78 is 12.6. The van der Waals surface area contributed by atoms with Crippen LogP contribution in [0.5, 0.6) is 0 Å². The molecule has 0 aromatic heterocycles. The van der Waals surface area contributed by atoms with Gasteiger partial charge in [0.1, 0.15) is 5.82 Å². The Morgan fingerprint density at radius 2 is 2.07 bits per heavy atom. The zero-order valence-corrected chi connectivity index (χ0v) is 9.22. The third-order valence-electron chi connectivity index (χ3n) is 2.03. The number of carbonyl (C=O) groups excluding carboxylic acids is 1. The van der Waals surface area contributed by atoms with Crippen LogP contribution in [0.15, 0.2) is 24.3 Å². The third-order valence-corrected chi connectivity index (χ3v) is 2.24. The molecule has 82 valence electrons. The van der Waals surface area contributed by atoms with Gasteiger partial charge in [0, 0.05) is 17.5 Å². The monoisotopic (exact) mass is 229 g/mol. The molecule has 0 aliphatic carbocycles. The molecule has 4 heteroatoms. The van der Waals surface area contributed by atoms with E-state index in [2.05, 4.69) is 5.32 Å². The molecule has 1 amide bonds. The van der Waals surface area contributed by atoms with Crippen molar-refractivity contribution in [2.45, 2.75) is 19.4 Å². The first-order chi connectivity index (χ1) is 7.13. The van der Waals surface area contributed by atoms with Crippen molar-refractivity contribution in [3.63, 3.8) is 0 Å². The van der Waals surface area contributed by atoms with Crippen LogP contribution >= 0.6 is 11.6 Å². The number of amides is 1. The van der Waals surface area contributed by atoms with Gasteiger partial charge in [-0.15, -0.1) is 11.6 Å². The van der Waals surface area contributed by atoms with E-state index in [4.69, 9.17) is 11.6 Å². The molecule has 1 atom stereocenters. The Hall–Kier alpha value is -1.09. The average molecular weight is 230 g/mol. The van der Waals surface area contributed by atoms with Crippen LogP contribution < -0.4 is 5.32 Å². The first-order valence-corrected chi connectivity index (χ1v) is 5.29. The normalized spacial score (nSPS) is 12.2. The lowest BCUT2D eigenvalue weighted by Gasteiger charge is -2.11. The van der Waals surface area contributed by atoms with Crippen molar-refractivity contribution in [1.82, 2.24) is 5.32 Å². The van der Waals surface area contributed by atoms with Crippen LogP contribution in [-0.2, 0) is 0 Å². The van der Waals surface area contributed by atoms with Crippen LogP contribution in [0.4, 0.5) is 4.39 Å². The Morgan fingerprint density at radius 3 is 2.60 bits per heavy atom. The average Bonchev–Trinajstić information content (AvgIpc) is 2.18. The fourth-order valence-electron chi connectivity index (χ4n) is 1.14. The van der Waals surface area contributed by atoms with Gasteiger partial charge >= 0.3 is 0 Å². The Labute approximate surface area is 93.4 Å². The molecule has 1 rings (SSSR count). The van der Waals surface area contributed by atoms with Crippen LogP contribution in [0.3, 0.4) is 0 Å². The predicted molar refractivity (Wildman–Crippen MR) is 58.7 cm³/mol. The zero-order valence-electron chi connectivity index (χ0n) is 8.47. The minimum atomic E-state index is -0.347. The molecule has 2 nitrogen and oxygen atoms in total. The lowest BCUT2D eigenvalue weighted by molar-refractivity contribution is 0.0939. The number of halogens is 2. The molecule has 0 aliphatic heterocycles. The van der Waals surface area contributed by atoms with Gasteiger partial charge in [-0.3, -0.25) is 4.79 Å². The third kappa shape index (κ3) is 3.88. The maximum Gasteiger partial charge on any atom is 0.251 e. The molecule has 0 saturated heterocycles. The second-order valence-corrected chi connectivity index (χ2v) is 3.74. The minimum absolute atomic E-state index is 0.0278. The Morgan fingerprint density at radius 1 is 1.47 bits per heavy atom. The molecule has 15 heavy (non-hydrogen) atoms. The highest BCUT2D eigenvalue weighted by Gasteiger charge is 2.08. The Bertz CT molecular complexity index is 326. The standard InChI is InChI=1S/C11H13ClFNO/c1-8(6-7-12)14-11(15)9-2-4-10(13)5-3-9/h2-5,8H,6-7H2,1H3,(H,14,15). The molecule has 0 spiro atoms. The van der Waals surface area contributed by atoms with Crippen LogP contribution in [0.25, 0.3) is 0 Å². The number of hydrogen-bond acceptors (Lipinski definition) is 1. The summed E-state index contributed by atoms with van der Waals surface area (Å²) in [6.45, 7) is 1.88. The van der Waals surface area contributed by atoms with Gasteiger partial charge in [0.05, 0.1) is 0 Å². The molecule has 1 N–H and O–H groups in total. The first kappa shape index (κ1) is 12.0. The molecule has 0 saturated carbocycles. The van der Waals surface area contributed by atoms with Crippen molar-refractivity contribution in [3.05, 3.63) is 35.6 Å². The number of rotatable bonds is 4. The fraction of sp³-hybridized carbons (Fsp3) is 0.364. The van der Waals surface area contributed by atoms with Gasteiger partial charge < -0.3 is 5.32 Å². The SMILES string of the molecule is CC(CCCl)NC(=O)c1ccc(F)cc1. The predicted octanol–water partition coefficient (Wildman–Crippen LogP) is 2.57. The first-order valence-electron chi connectivity index (χ1n) is 4.76. The lowest BCUT2D eigenvalue weighted by Crippen LogP contribution is -2.32. The second kappa shape index (κ2) is 5.71. The molecule has 0 heterocycles. The van der Waals surface area contributed by atoms with Crippen LogP contribution in [0.2, 0.25) is 0 Å². The smallest absolute Gasteiger partial charge is 0.251 e. The molecule has 0 radical (unpaired) electrons. The molecule has 0 aliphatic rings. The van der Waals surface area contributed by atoms with Gasteiger partial charge in [0.2, 0.25) is 0 Å². The number of benzene rings is 1. The number of nitrogens with one attached hydrogen (secondary N) is 1. The minimum Gasteiger partial charge on any atom is -0.350 e. The highest BCUT2D eigenvalue weighted by atomic mass is 35.5. The van der Waals surface area contributed by atoms with E-state index in [0.717, 1.165) is 0 Å². The van der Waals surface area contributed by atoms with Gasteiger partial charge in [0.15, 0.2) is 0 Å². The second-order valence-electron chi connectivity index (χ2n) is 3.36. The van der Waals surface area contributed by atoms with E-state index >= 15 is 0 Å². The van der Waals surface area contributed by atoms with Crippen molar-refractivity contribution in [1.29, 1.82) is 0 Å². The summed E-state index contributed by atoms with van der Waals surface area (Å²) in [6, 6.07) is 5.47. The van der Waals surface area contributed by atoms with Crippen LogP contribution in [-0.4, -0.2) is 17.8 Å². The fourth-order valence-corrected chi connectivity index (χ4v) is 1.47. The molecular formula is C11H13ClFNO. The van der Waals surface area contributed by atoms with E-state index in [1.54, 1.807) is 0 Å². The van der Waals surface area contributed by atoms with Crippen molar-refractivity contribution in [2.75, 3.05) is 5.88 Å². The Balaban J connectivity index is 2.57. The van der Waals surface area contributed by atoms with Gasteiger partial charge in [-0.25, -0.2) is 4.39 Å². The van der Waals surface area contributed by atoms with Gasteiger partial charge in [-0.05, 0) is 37.6 Å². The van der Waals surface area contributed by atoms with E-state index in [-0.39, 0.29) is 17.8 Å². The number of hydrogen-bond donors (Lipinski definition) is 1. The summed E-state index contributed by atoms with van der Waals surface area (Å²) in [5.41, 5.74) is 0.456. The quantitative estimate of drug-likeness (QED) is 0.790. The lowest BCUT2D eigenvalue weighted by atomic mass is 10.2. The molecule has 1 aromatic carbocycles.